The highest BCUT2D eigenvalue weighted by atomic mass is 32.2. The van der Waals surface area contributed by atoms with E-state index in [-0.39, 0.29) is 4.90 Å². The van der Waals surface area contributed by atoms with Gasteiger partial charge in [0.1, 0.15) is 0 Å². The number of aryl methyl sites for hydroxylation is 1. The van der Waals surface area contributed by atoms with Crippen LogP contribution in [-0.4, -0.2) is 25.1 Å². The zero-order chi connectivity index (χ0) is 14.0. The molecule has 100 valence electrons. The Morgan fingerprint density at radius 2 is 1.78 bits per heavy atom. The van der Waals surface area contributed by atoms with Crippen LogP contribution in [0.25, 0.3) is 0 Å². The van der Waals surface area contributed by atoms with E-state index >= 15 is 0 Å². The molecule has 6 heteroatoms. The smallest absolute Gasteiger partial charge is 0.336 e. The van der Waals surface area contributed by atoms with Crippen LogP contribution in [0.1, 0.15) is 26.3 Å². The first-order valence-electron chi connectivity index (χ1n) is 5.47. The minimum Gasteiger partial charge on any atom is -0.479 e. The van der Waals surface area contributed by atoms with E-state index in [0.29, 0.717) is 0 Å². The number of carboxylic acid groups (broad SMARTS) is 1. The van der Waals surface area contributed by atoms with Crippen molar-refractivity contribution in [2.24, 2.45) is 0 Å². The van der Waals surface area contributed by atoms with Crippen LogP contribution >= 0.6 is 0 Å². The van der Waals surface area contributed by atoms with Gasteiger partial charge >= 0.3 is 5.97 Å². The van der Waals surface area contributed by atoms with Gasteiger partial charge in [-0.05, 0) is 38.0 Å². The number of hydrogen-bond donors (Lipinski definition) is 1. The van der Waals surface area contributed by atoms with E-state index in [1.54, 1.807) is 12.1 Å². The molecule has 0 bridgehead atoms. The van der Waals surface area contributed by atoms with Gasteiger partial charge in [0.05, 0.1) is 4.90 Å². The van der Waals surface area contributed by atoms with Gasteiger partial charge in [-0.25, -0.2) is 8.98 Å². The standard InChI is InChI=1S/C12H16O5S/c1-4-9-5-7-10(8-6-9)18(15,16)17-12(2,3)11(13)14/h5-8H,4H2,1-3H3,(H,13,14). The lowest BCUT2D eigenvalue weighted by molar-refractivity contribution is -0.151. The molecule has 0 fully saturated rings. The van der Waals surface area contributed by atoms with Crippen LogP contribution < -0.4 is 0 Å². The number of hydrogen-bond acceptors (Lipinski definition) is 4. The highest BCUT2D eigenvalue weighted by molar-refractivity contribution is 7.86. The first-order valence-corrected chi connectivity index (χ1v) is 6.88. The maximum atomic E-state index is 11.9. The van der Waals surface area contributed by atoms with Crippen molar-refractivity contribution in [3.63, 3.8) is 0 Å². The summed E-state index contributed by atoms with van der Waals surface area (Å²) in [6.07, 6.45) is 0.793. The number of benzene rings is 1. The molecular formula is C12H16O5S. The van der Waals surface area contributed by atoms with Gasteiger partial charge in [0, 0.05) is 0 Å². The molecule has 0 atom stereocenters. The van der Waals surface area contributed by atoms with Gasteiger partial charge in [0.2, 0.25) is 0 Å². The van der Waals surface area contributed by atoms with Crippen LogP contribution in [0, 0.1) is 0 Å². The number of rotatable bonds is 5. The largest absolute Gasteiger partial charge is 0.479 e. The predicted octanol–water partition coefficient (Wildman–Crippen LogP) is 1.82. The second kappa shape index (κ2) is 5.07. The number of carbonyl (C=O) groups is 1. The third-order valence-electron chi connectivity index (χ3n) is 2.45. The monoisotopic (exact) mass is 272 g/mol. The second-order valence-corrected chi connectivity index (χ2v) is 5.90. The maximum absolute atomic E-state index is 11.9. The van der Waals surface area contributed by atoms with Crippen molar-refractivity contribution in [3.8, 4) is 0 Å². The molecule has 1 aromatic rings. The zero-order valence-electron chi connectivity index (χ0n) is 10.5. The summed E-state index contributed by atoms with van der Waals surface area (Å²) in [5.41, 5.74) is -0.797. The molecule has 1 N–H and O–H groups in total. The second-order valence-electron chi connectivity index (χ2n) is 4.35. The first kappa shape index (κ1) is 14.7. The van der Waals surface area contributed by atoms with Crippen LogP contribution in [-0.2, 0) is 25.5 Å². The molecule has 0 aliphatic carbocycles. The van der Waals surface area contributed by atoms with E-state index < -0.39 is 21.7 Å². The lowest BCUT2D eigenvalue weighted by atomic mass is 10.1. The molecule has 18 heavy (non-hydrogen) atoms. The summed E-state index contributed by atoms with van der Waals surface area (Å²) in [7, 11) is -4.07. The van der Waals surface area contributed by atoms with Gasteiger partial charge < -0.3 is 5.11 Å². The number of aliphatic carboxylic acids is 1. The molecule has 0 saturated heterocycles. The summed E-state index contributed by atoms with van der Waals surface area (Å²) >= 11 is 0. The van der Waals surface area contributed by atoms with E-state index in [0.717, 1.165) is 12.0 Å². The van der Waals surface area contributed by atoms with E-state index in [9.17, 15) is 13.2 Å². The molecule has 1 aromatic carbocycles. The summed E-state index contributed by atoms with van der Waals surface area (Å²) in [6, 6.07) is 6.16. The van der Waals surface area contributed by atoms with Crippen LogP contribution in [0.2, 0.25) is 0 Å². The maximum Gasteiger partial charge on any atom is 0.336 e. The summed E-state index contributed by atoms with van der Waals surface area (Å²) in [5.74, 6) is -1.34. The van der Waals surface area contributed by atoms with Gasteiger partial charge in [-0.2, -0.15) is 8.42 Å². The first-order chi connectivity index (χ1) is 8.19. The van der Waals surface area contributed by atoms with E-state index in [1.165, 1.54) is 26.0 Å². The highest BCUT2D eigenvalue weighted by Gasteiger charge is 2.35. The molecular weight excluding hydrogens is 256 g/mol. The predicted molar refractivity (Wildman–Crippen MR) is 65.8 cm³/mol. The molecule has 0 radical (unpaired) electrons. The average Bonchev–Trinajstić information content (AvgIpc) is 2.27. The SMILES string of the molecule is CCc1ccc(S(=O)(=O)OC(C)(C)C(=O)O)cc1. The summed E-state index contributed by atoms with van der Waals surface area (Å²) in [6.45, 7) is 4.33. The van der Waals surface area contributed by atoms with Crippen molar-refractivity contribution in [2.75, 3.05) is 0 Å². The van der Waals surface area contributed by atoms with Crippen LogP contribution in [0.15, 0.2) is 29.2 Å². The molecule has 0 amide bonds. The Balaban J connectivity index is 3.03. The van der Waals surface area contributed by atoms with Crippen LogP contribution in [0.5, 0.6) is 0 Å². The highest BCUT2D eigenvalue weighted by Crippen LogP contribution is 2.20. The van der Waals surface area contributed by atoms with Crippen molar-refractivity contribution in [2.45, 2.75) is 37.7 Å². The van der Waals surface area contributed by atoms with Gasteiger partial charge in [-0.3, -0.25) is 0 Å². The topological polar surface area (TPSA) is 80.7 Å². The molecule has 5 nitrogen and oxygen atoms in total. The molecule has 0 aliphatic rings. The van der Waals surface area contributed by atoms with E-state index in [1.807, 2.05) is 6.92 Å². The Kier molecular flexibility index (Phi) is 4.13. The van der Waals surface area contributed by atoms with Gasteiger partial charge in [-0.1, -0.05) is 19.1 Å². The molecule has 0 aromatic heterocycles. The summed E-state index contributed by atoms with van der Waals surface area (Å²) in [4.78, 5) is 10.8. The Labute approximate surface area is 107 Å². The van der Waals surface area contributed by atoms with E-state index in [2.05, 4.69) is 0 Å². The molecule has 0 heterocycles. The van der Waals surface area contributed by atoms with Crippen molar-refractivity contribution in [1.29, 1.82) is 0 Å². The van der Waals surface area contributed by atoms with Crippen molar-refractivity contribution in [1.82, 2.24) is 0 Å². The minimum absolute atomic E-state index is 0.0472. The van der Waals surface area contributed by atoms with Crippen LogP contribution in [0.4, 0.5) is 0 Å². The van der Waals surface area contributed by atoms with Crippen molar-refractivity contribution in [3.05, 3.63) is 29.8 Å². The van der Waals surface area contributed by atoms with Crippen molar-refractivity contribution < 1.29 is 22.5 Å². The molecule has 0 spiro atoms. The quantitative estimate of drug-likeness (QED) is 0.827. The molecule has 1 rings (SSSR count). The van der Waals surface area contributed by atoms with E-state index in [4.69, 9.17) is 9.29 Å². The van der Waals surface area contributed by atoms with Gasteiger partial charge in [0.25, 0.3) is 10.1 Å². The minimum atomic E-state index is -4.07. The van der Waals surface area contributed by atoms with Crippen molar-refractivity contribution >= 4 is 16.1 Å². The molecule has 0 unspecified atom stereocenters. The molecule has 0 saturated carbocycles. The average molecular weight is 272 g/mol. The lowest BCUT2D eigenvalue weighted by Gasteiger charge is -2.19. The third kappa shape index (κ3) is 3.30. The Morgan fingerprint density at radius 3 is 2.17 bits per heavy atom. The fourth-order valence-corrected chi connectivity index (χ4v) is 2.44. The van der Waals surface area contributed by atoms with Gasteiger partial charge in [0.15, 0.2) is 5.60 Å². The van der Waals surface area contributed by atoms with Crippen LogP contribution in [0.3, 0.4) is 0 Å². The Hall–Kier alpha value is -1.40. The van der Waals surface area contributed by atoms with Gasteiger partial charge in [-0.15, -0.1) is 0 Å². The Bertz CT molecular complexity index is 528. The fraction of sp³-hybridized carbons (Fsp3) is 0.417. The molecule has 0 aliphatic heterocycles. The number of carboxylic acids is 1. The summed E-state index contributed by atoms with van der Waals surface area (Å²) < 4.78 is 28.5. The zero-order valence-corrected chi connectivity index (χ0v) is 11.3. The Morgan fingerprint density at radius 1 is 1.28 bits per heavy atom. The third-order valence-corrected chi connectivity index (χ3v) is 3.94. The summed E-state index contributed by atoms with van der Waals surface area (Å²) in [5, 5.41) is 8.84. The normalized spacial score (nSPS) is 12.4. The fourth-order valence-electron chi connectivity index (χ4n) is 1.25. The lowest BCUT2D eigenvalue weighted by Crippen LogP contribution is -2.37.